The Morgan fingerprint density at radius 3 is 2.39 bits per heavy atom. The molecule has 1 aliphatic rings. The maximum atomic E-state index is 12.9. The first kappa shape index (κ1) is 22.6. The van der Waals surface area contributed by atoms with Crippen molar-refractivity contribution in [2.75, 3.05) is 56.7 Å². The number of nitrogens with zero attached hydrogens (tertiary/aromatic N) is 3. The van der Waals surface area contributed by atoms with Crippen LogP contribution < -0.4 is 15.5 Å². The molecule has 2 heterocycles. The van der Waals surface area contributed by atoms with Crippen LogP contribution in [0.4, 0.5) is 11.5 Å². The van der Waals surface area contributed by atoms with E-state index in [1.807, 2.05) is 17.0 Å². The number of hydrogen-bond acceptors (Lipinski definition) is 6. The van der Waals surface area contributed by atoms with Gasteiger partial charge in [-0.25, -0.2) is 4.98 Å². The Hall–Kier alpha value is -3.13. The summed E-state index contributed by atoms with van der Waals surface area (Å²) in [5.74, 6) is 0.727. The van der Waals surface area contributed by atoms with Gasteiger partial charge in [0.2, 0.25) is 0 Å². The van der Waals surface area contributed by atoms with Gasteiger partial charge in [0.05, 0.1) is 12.3 Å². The number of pyridine rings is 1. The molecule has 8 heteroatoms. The fourth-order valence-corrected chi connectivity index (χ4v) is 3.51. The average Bonchev–Trinajstić information content (AvgIpc) is 2.79. The highest BCUT2D eigenvalue weighted by atomic mass is 16.5. The van der Waals surface area contributed by atoms with E-state index in [2.05, 4.69) is 34.4 Å². The quantitative estimate of drug-likeness (QED) is 0.631. The zero-order valence-electron chi connectivity index (χ0n) is 18.4. The van der Waals surface area contributed by atoms with E-state index in [9.17, 15) is 9.59 Å². The molecule has 0 spiro atoms. The molecule has 2 N–H and O–H groups in total. The number of hydrogen-bond donors (Lipinski definition) is 2. The molecular formula is C23H31N5O3. The number of anilines is 2. The molecule has 0 saturated carbocycles. The summed E-state index contributed by atoms with van der Waals surface area (Å²) in [6.07, 6.45) is 1.80. The summed E-state index contributed by atoms with van der Waals surface area (Å²) >= 11 is 0. The average molecular weight is 426 g/mol. The van der Waals surface area contributed by atoms with E-state index in [0.717, 1.165) is 24.6 Å². The van der Waals surface area contributed by atoms with Crippen LogP contribution in [0.5, 0.6) is 0 Å². The maximum Gasteiger partial charge on any atom is 0.253 e. The molecule has 0 atom stereocenters. The van der Waals surface area contributed by atoms with Gasteiger partial charge in [0.25, 0.3) is 11.8 Å². The van der Waals surface area contributed by atoms with Gasteiger partial charge < -0.3 is 25.2 Å². The molecular weight excluding hydrogens is 394 g/mol. The maximum absolute atomic E-state index is 12.9. The van der Waals surface area contributed by atoms with Crippen LogP contribution in [0.25, 0.3) is 0 Å². The second-order valence-corrected chi connectivity index (χ2v) is 7.78. The summed E-state index contributed by atoms with van der Waals surface area (Å²) in [6.45, 7) is 7.78. The molecule has 0 bridgehead atoms. The molecule has 2 amide bonds. The molecule has 1 aromatic carbocycles. The highest BCUT2D eigenvalue weighted by molar-refractivity contribution is 5.98. The van der Waals surface area contributed by atoms with Crippen molar-refractivity contribution in [2.24, 2.45) is 0 Å². The molecule has 1 aliphatic heterocycles. The molecule has 166 valence electrons. The van der Waals surface area contributed by atoms with Crippen molar-refractivity contribution in [1.82, 2.24) is 15.2 Å². The van der Waals surface area contributed by atoms with Gasteiger partial charge in [0.15, 0.2) is 5.82 Å². The summed E-state index contributed by atoms with van der Waals surface area (Å²) in [6, 6.07) is 11.1. The fourth-order valence-electron chi connectivity index (χ4n) is 3.51. The third-order valence-corrected chi connectivity index (χ3v) is 5.08. The molecule has 1 fully saturated rings. The van der Waals surface area contributed by atoms with Crippen molar-refractivity contribution in [1.29, 1.82) is 0 Å². The predicted octanol–water partition coefficient (Wildman–Crippen LogP) is 2.24. The van der Waals surface area contributed by atoms with E-state index in [0.29, 0.717) is 43.4 Å². The standard InChI is InChI=1S/C23H31N5O3/c1-17(2)26-20-5-4-10-24-21(20)27-12-14-28(15-13-27)23(30)19-8-6-18(7-9-19)22(29)25-11-16-31-3/h4-10,17,26H,11-16H2,1-3H3,(H,25,29). The van der Waals surface area contributed by atoms with Gasteiger partial charge in [-0.2, -0.15) is 0 Å². The number of methoxy groups -OCH3 is 1. The Kier molecular flexibility index (Phi) is 7.83. The van der Waals surface area contributed by atoms with Crippen LogP contribution in [-0.2, 0) is 4.74 Å². The van der Waals surface area contributed by atoms with Gasteiger partial charge in [0, 0.05) is 63.2 Å². The van der Waals surface area contributed by atoms with E-state index in [4.69, 9.17) is 4.74 Å². The minimum absolute atomic E-state index is 0.0208. The molecule has 0 radical (unpaired) electrons. The number of carbonyl (C=O) groups excluding carboxylic acids is 2. The Morgan fingerprint density at radius 1 is 1.06 bits per heavy atom. The SMILES string of the molecule is COCCNC(=O)c1ccc(C(=O)N2CCN(c3ncccc3NC(C)C)CC2)cc1. The molecule has 3 rings (SSSR count). The molecule has 1 aromatic heterocycles. The molecule has 0 aliphatic carbocycles. The number of rotatable bonds is 8. The number of nitrogens with one attached hydrogen (secondary N) is 2. The van der Waals surface area contributed by atoms with Gasteiger partial charge in [-0.05, 0) is 50.2 Å². The molecule has 2 aromatic rings. The van der Waals surface area contributed by atoms with Crippen molar-refractivity contribution in [2.45, 2.75) is 19.9 Å². The Morgan fingerprint density at radius 2 is 1.74 bits per heavy atom. The van der Waals surface area contributed by atoms with Crippen molar-refractivity contribution >= 4 is 23.3 Å². The van der Waals surface area contributed by atoms with Crippen molar-refractivity contribution < 1.29 is 14.3 Å². The Balaban J connectivity index is 1.58. The lowest BCUT2D eigenvalue weighted by Crippen LogP contribution is -2.49. The van der Waals surface area contributed by atoms with Crippen LogP contribution in [0.3, 0.4) is 0 Å². The summed E-state index contributed by atoms with van der Waals surface area (Å²) in [5, 5.41) is 6.21. The number of ether oxygens (including phenoxy) is 1. The number of aromatic nitrogens is 1. The van der Waals surface area contributed by atoms with Gasteiger partial charge in [-0.15, -0.1) is 0 Å². The van der Waals surface area contributed by atoms with E-state index >= 15 is 0 Å². The predicted molar refractivity (Wildman–Crippen MR) is 122 cm³/mol. The fraction of sp³-hybridized carbons (Fsp3) is 0.435. The monoisotopic (exact) mass is 425 g/mol. The number of carbonyl (C=O) groups is 2. The summed E-state index contributed by atoms with van der Waals surface area (Å²) in [4.78, 5) is 33.6. The number of benzene rings is 1. The molecule has 0 unspecified atom stereocenters. The van der Waals surface area contributed by atoms with Crippen molar-refractivity contribution in [3.63, 3.8) is 0 Å². The topological polar surface area (TPSA) is 86.8 Å². The third-order valence-electron chi connectivity index (χ3n) is 5.08. The van der Waals surface area contributed by atoms with Crippen LogP contribution in [0.15, 0.2) is 42.6 Å². The molecule has 8 nitrogen and oxygen atoms in total. The summed E-state index contributed by atoms with van der Waals surface area (Å²) in [7, 11) is 1.59. The lowest BCUT2D eigenvalue weighted by Gasteiger charge is -2.36. The van der Waals surface area contributed by atoms with Crippen molar-refractivity contribution in [3.8, 4) is 0 Å². The van der Waals surface area contributed by atoms with Crippen molar-refractivity contribution in [3.05, 3.63) is 53.7 Å². The van der Waals surface area contributed by atoms with Crippen LogP contribution in [-0.4, -0.2) is 74.2 Å². The number of amides is 2. The Bertz CT molecular complexity index is 877. The van der Waals surface area contributed by atoms with Crippen LogP contribution in [0.2, 0.25) is 0 Å². The van der Waals surface area contributed by atoms with Gasteiger partial charge in [0.1, 0.15) is 0 Å². The first-order valence-electron chi connectivity index (χ1n) is 10.6. The third kappa shape index (κ3) is 5.95. The minimum atomic E-state index is -0.175. The normalized spacial score (nSPS) is 13.9. The second kappa shape index (κ2) is 10.8. The largest absolute Gasteiger partial charge is 0.383 e. The number of piperazine rings is 1. The van der Waals surface area contributed by atoms with E-state index in [-0.39, 0.29) is 11.8 Å². The highest BCUT2D eigenvalue weighted by Crippen LogP contribution is 2.25. The first-order valence-corrected chi connectivity index (χ1v) is 10.6. The van der Waals surface area contributed by atoms with Crippen LogP contribution in [0, 0.1) is 0 Å². The summed E-state index contributed by atoms with van der Waals surface area (Å²) in [5.41, 5.74) is 2.12. The Labute approximate surface area is 183 Å². The zero-order valence-corrected chi connectivity index (χ0v) is 18.4. The molecule has 1 saturated heterocycles. The van der Waals surface area contributed by atoms with E-state index in [1.54, 1.807) is 37.6 Å². The zero-order chi connectivity index (χ0) is 22.2. The first-order chi connectivity index (χ1) is 15.0. The minimum Gasteiger partial charge on any atom is -0.383 e. The second-order valence-electron chi connectivity index (χ2n) is 7.78. The molecule has 31 heavy (non-hydrogen) atoms. The van der Waals surface area contributed by atoms with E-state index < -0.39 is 0 Å². The lowest BCUT2D eigenvalue weighted by molar-refractivity contribution is 0.0746. The lowest BCUT2D eigenvalue weighted by atomic mass is 10.1. The highest BCUT2D eigenvalue weighted by Gasteiger charge is 2.24. The van der Waals surface area contributed by atoms with Crippen LogP contribution >= 0.6 is 0 Å². The van der Waals surface area contributed by atoms with Gasteiger partial charge >= 0.3 is 0 Å². The smallest absolute Gasteiger partial charge is 0.253 e. The summed E-state index contributed by atoms with van der Waals surface area (Å²) < 4.78 is 4.93. The van der Waals surface area contributed by atoms with E-state index in [1.165, 1.54) is 0 Å². The van der Waals surface area contributed by atoms with Gasteiger partial charge in [-0.1, -0.05) is 0 Å². The van der Waals surface area contributed by atoms with Crippen LogP contribution in [0.1, 0.15) is 34.6 Å². The van der Waals surface area contributed by atoms with Gasteiger partial charge in [-0.3, -0.25) is 9.59 Å².